The summed E-state index contributed by atoms with van der Waals surface area (Å²) in [5.74, 6) is -1.08. The van der Waals surface area contributed by atoms with E-state index in [1.807, 2.05) is 0 Å². The Morgan fingerprint density at radius 2 is 1.63 bits per heavy atom. The summed E-state index contributed by atoms with van der Waals surface area (Å²) < 4.78 is 119. The molecule has 6 rings (SSSR count). The minimum Gasteiger partial charge on any atom is -0.357 e. The highest BCUT2D eigenvalue weighted by Crippen LogP contribution is 2.71. The van der Waals surface area contributed by atoms with Crippen LogP contribution in [0.25, 0.3) is 0 Å². The van der Waals surface area contributed by atoms with Crippen LogP contribution in [0.15, 0.2) is 58.4 Å². The standard InChI is InChI=1S/C27H28F7N5O3S/c1-23(22(40)36-11-10-26(29,30)31)20(35)37-21(38-23)24-13-25(14-24,15-24)39(43(41,42)19-8-6-18(28)7-9-19)12-16-2-4-17(5-3-16)27(32,33)34/h2-9,20H,10-15,35H2,1H3,(H,36,40)(H,37,38)/t20?,23-,24?,25?/m1/s1. The van der Waals surface area contributed by atoms with E-state index >= 15 is 0 Å². The van der Waals surface area contributed by atoms with Crippen LogP contribution in [-0.2, 0) is 27.5 Å². The quantitative estimate of drug-likeness (QED) is 0.360. The van der Waals surface area contributed by atoms with Crippen molar-refractivity contribution in [2.24, 2.45) is 16.1 Å². The number of benzene rings is 2. The highest BCUT2D eigenvalue weighted by molar-refractivity contribution is 7.89. The molecule has 234 valence electrons. The van der Waals surface area contributed by atoms with Crippen LogP contribution in [0.2, 0.25) is 0 Å². The van der Waals surface area contributed by atoms with E-state index in [1.54, 1.807) is 0 Å². The van der Waals surface area contributed by atoms with E-state index in [2.05, 4.69) is 15.6 Å². The Bertz CT molecular complexity index is 1520. The van der Waals surface area contributed by atoms with E-state index < -0.39 is 75.3 Å². The number of sulfonamides is 1. The van der Waals surface area contributed by atoms with Crippen molar-refractivity contribution in [3.05, 3.63) is 65.5 Å². The second-order valence-electron chi connectivity index (χ2n) is 11.6. The van der Waals surface area contributed by atoms with Gasteiger partial charge in [0, 0.05) is 24.0 Å². The Hall–Kier alpha value is -3.24. The largest absolute Gasteiger partial charge is 0.416 e. The maximum Gasteiger partial charge on any atom is 0.416 e. The van der Waals surface area contributed by atoms with Gasteiger partial charge in [-0.25, -0.2) is 12.8 Å². The maximum atomic E-state index is 13.8. The van der Waals surface area contributed by atoms with Crippen LogP contribution in [0.5, 0.6) is 0 Å². The molecule has 2 aromatic rings. The molecule has 16 heteroatoms. The highest BCUT2D eigenvalue weighted by Gasteiger charge is 2.75. The lowest BCUT2D eigenvalue weighted by Gasteiger charge is -2.72. The van der Waals surface area contributed by atoms with E-state index in [1.165, 1.54) is 23.4 Å². The summed E-state index contributed by atoms with van der Waals surface area (Å²) in [7, 11) is -4.25. The SMILES string of the molecule is C[C@@]1(C(=O)NCCC(F)(F)F)NC(C23CC(N(Cc4ccc(C(F)(F)F)cc4)S(=O)(=O)c4ccc(F)cc4)(C2)C3)=NC1N. The molecule has 3 fully saturated rings. The van der Waals surface area contributed by atoms with Gasteiger partial charge in [0.05, 0.1) is 16.9 Å². The zero-order valence-electron chi connectivity index (χ0n) is 22.7. The van der Waals surface area contributed by atoms with Gasteiger partial charge < -0.3 is 16.4 Å². The number of nitrogens with one attached hydrogen (secondary N) is 2. The van der Waals surface area contributed by atoms with Gasteiger partial charge in [-0.2, -0.15) is 30.6 Å². The van der Waals surface area contributed by atoms with Crippen molar-refractivity contribution in [2.45, 2.75) is 73.6 Å². The van der Waals surface area contributed by atoms with Crippen molar-refractivity contribution in [3.8, 4) is 0 Å². The molecule has 43 heavy (non-hydrogen) atoms. The summed E-state index contributed by atoms with van der Waals surface area (Å²) in [5, 5.41) is 5.18. The second kappa shape index (κ2) is 10.2. The monoisotopic (exact) mass is 635 g/mol. The molecule has 2 bridgehead atoms. The fourth-order valence-electron chi connectivity index (χ4n) is 6.04. The Kier molecular flexibility index (Phi) is 7.37. The fraction of sp³-hybridized carbons (Fsp3) is 0.481. The molecule has 4 N–H and O–H groups in total. The van der Waals surface area contributed by atoms with Gasteiger partial charge in [0.15, 0.2) is 5.54 Å². The number of carbonyl (C=O) groups excluding carboxylic acids is 1. The number of amidine groups is 1. The zero-order chi connectivity index (χ0) is 31.6. The summed E-state index contributed by atoms with van der Waals surface area (Å²) in [6.07, 6.45) is -10.6. The topological polar surface area (TPSA) is 117 Å². The molecule has 0 spiro atoms. The number of carbonyl (C=O) groups is 1. The van der Waals surface area contributed by atoms with Gasteiger partial charge in [-0.05, 0) is 68.1 Å². The number of aliphatic imine (C=N–C) groups is 1. The fourth-order valence-corrected chi connectivity index (χ4v) is 7.80. The third-order valence-corrected chi connectivity index (χ3v) is 10.4. The summed E-state index contributed by atoms with van der Waals surface area (Å²) in [6, 6.07) is 8.31. The van der Waals surface area contributed by atoms with E-state index in [0.29, 0.717) is 11.4 Å². The van der Waals surface area contributed by atoms with Crippen molar-refractivity contribution in [3.63, 3.8) is 0 Å². The van der Waals surface area contributed by atoms with Crippen LogP contribution in [0, 0.1) is 11.2 Å². The highest BCUT2D eigenvalue weighted by atomic mass is 32.2. The number of halogens is 7. The summed E-state index contributed by atoms with van der Waals surface area (Å²) in [5.41, 5.74) is 2.35. The van der Waals surface area contributed by atoms with Gasteiger partial charge in [0.25, 0.3) is 0 Å². The molecule has 1 heterocycles. The molecule has 2 aromatic carbocycles. The smallest absolute Gasteiger partial charge is 0.357 e. The number of nitrogens with zero attached hydrogens (tertiary/aromatic N) is 2. The zero-order valence-corrected chi connectivity index (χ0v) is 23.5. The van der Waals surface area contributed by atoms with Crippen LogP contribution >= 0.6 is 0 Å². The molecule has 3 saturated carbocycles. The third-order valence-electron chi connectivity index (χ3n) is 8.45. The lowest BCUT2D eigenvalue weighted by atomic mass is 9.38. The lowest BCUT2D eigenvalue weighted by Crippen LogP contribution is -2.79. The minimum absolute atomic E-state index is 0.193. The van der Waals surface area contributed by atoms with Crippen molar-refractivity contribution in [1.82, 2.24) is 14.9 Å². The van der Waals surface area contributed by atoms with Gasteiger partial charge in [-0.1, -0.05) is 12.1 Å². The first kappa shape index (κ1) is 31.2. The molecule has 2 atom stereocenters. The van der Waals surface area contributed by atoms with Crippen molar-refractivity contribution >= 4 is 21.8 Å². The molecule has 0 aromatic heterocycles. The summed E-state index contributed by atoms with van der Waals surface area (Å²) in [6.45, 7) is 0.511. The number of rotatable bonds is 9. The number of amides is 1. The molecular formula is C27H28F7N5O3S. The predicted octanol–water partition coefficient (Wildman–Crippen LogP) is 4.07. The Morgan fingerprint density at radius 1 is 1.05 bits per heavy atom. The van der Waals surface area contributed by atoms with E-state index in [0.717, 1.165) is 36.4 Å². The Labute approximate surface area is 242 Å². The molecule has 3 aliphatic carbocycles. The molecule has 4 aliphatic rings. The minimum atomic E-state index is -4.57. The predicted molar refractivity (Wildman–Crippen MR) is 140 cm³/mol. The van der Waals surface area contributed by atoms with Crippen molar-refractivity contribution in [2.75, 3.05) is 6.54 Å². The molecule has 1 aliphatic heterocycles. The average molecular weight is 636 g/mol. The lowest BCUT2D eigenvalue weighted by molar-refractivity contribution is -0.151. The van der Waals surface area contributed by atoms with Gasteiger partial charge in [0.2, 0.25) is 15.9 Å². The molecule has 0 radical (unpaired) electrons. The van der Waals surface area contributed by atoms with Crippen LogP contribution < -0.4 is 16.4 Å². The number of nitrogens with two attached hydrogens (primary N) is 1. The molecular weight excluding hydrogens is 607 g/mol. The summed E-state index contributed by atoms with van der Waals surface area (Å²) >= 11 is 0. The third kappa shape index (κ3) is 5.59. The maximum absolute atomic E-state index is 13.8. The van der Waals surface area contributed by atoms with Crippen molar-refractivity contribution < 1.29 is 43.9 Å². The Morgan fingerprint density at radius 3 is 2.16 bits per heavy atom. The average Bonchev–Trinajstić information content (AvgIpc) is 3.16. The van der Waals surface area contributed by atoms with E-state index in [4.69, 9.17) is 5.73 Å². The van der Waals surface area contributed by atoms with E-state index in [-0.39, 0.29) is 30.7 Å². The van der Waals surface area contributed by atoms with Crippen LogP contribution in [-0.4, -0.2) is 54.4 Å². The second-order valence-corrected chi connectivity index (χ2v) is 13.4. The molecule has 1 amide bonds. The van der Waals surface area contributed by atoms with Crippen LogP contribution in [0.1, 0.15) is 43.7 Å². The van der Waals surface area contributed by atoms with E-state index in [9.17, 15) is 43.9 Å². The Balaban J connectivity index is 1.35. The van der Waals surface area contributed by atoms with Gasteiger partial charge >= 0.3 is 12.4 Å². The molecule has 0 saturated heterocycles. The summed E-state index contributed by atoms with van der Waals surface area (Å²) in [4.78, 5) is 16.9. The van der Waals surface area contributed by atoms with Crippen LogP contribution in [0.4, 0.5) is 30.7 Å². The number of alkyl halides is 6. The first-order valence-electron chi connectivity index (χ1n) is 13.2. The molecule has 1 unspecified atom stereocenters. The first-order valence-corrected chi connectivity index (χ1v) is 14.7. The normalized spacial score (nSPS) is 28.5. The number of hydrogen-bond donors (Lipinski definition) is 3. The van der Waals surface area contributed by atoms with Gasteiger partial charge in [0.1, 0.15) is 17.8 Å². The van der Waals surface area contributed by atoms with Gasteiger partial charge in [-0.3, -0.25) is 9.79 Å². The van der Waals surface area contributed by atoms with Gasteiger partial charge in [-0.15, -0.1) is 0 Å². The first-order chi connectivity index (χ1) is 19.8. The molecule has 8 nitrogen and oxygen atoms in total. The van der Waals surface area contributed by atoms with Crippen LogP contribution in [0.3, 0.4) is 0 Å². The van der Waals surface area contributed by atoms with Crippen molar-refractivity contribution in [1.29, 1.82) is 0 Å². The number of hydrogen-bond acceptors (Lipinski definition) is 6.